The van der Waals surface area contributed by atoms with Crippen LogP contribution in [0.4, 0.5) is 0 Å². The summed E-state index contributed by atoms with van der Waals surface area (Å²) in [5, 5.41) is 8.45. The van der Waals surface area contributed by atoms with E-state index in [1.54, 1.807) is 0 Å². The van der Waals surface area contributed by atoms with Crippen molar-refractivity contribution in [2.45, 2.75) is 25.9 Å². The van der Waals surface area contributed by atoms with Gasteiger partial charge in [-0.2, -0.15) is 0 Å². The van der Waals surface area contributed by atoms with Gasteiger partial charge in [0.2, 0.25) is 0 Å². The molecule has 0 aromatic heterocycles. The minimum Gasteiger partial charge on any atom is -0.479 e. The van der Waals surface area contributed by atoms with Crippen LogP contribution in [-0.2, 0) is 14.3 Å². The van der Waals surface area contributed by atoms with Crippen LogP contribution in [0.25, 0.3) is 0 Å². The van der Waals surface area contributed by atoms with Gasteiger partial charge in [-0.1, -0.05) is 0 Å². The first kappa shape index (κ1) is 10.1. The molecule has 0 amide bonds. The van der Waals surface area contributed by atoms with E-state index < -0.39 is 12.1 Å². The number of hydrogen-bond donors (Lipinski definition) is 1. The molecule has 0 radical (unpaired) electrons. The minimum absolute atomic E-state index is 0.0201. The maximum atomic E-state index is 10.4. The molecule has 0 saturated carbocycles. The molecule has 0 rings (SSSR count). The molecule has 1 unspecified atom stereocenters. The van der Waals surface area contributed by atoms with E-state index >= 15 is 0 Å². The van der Waals surface area contributed by atoms with Crippen LogP contribution in [0.5, 0.6) is 0 Å². The van der Waals surface area contributed by atoms with Gasteiger partial charge in [0.25, 0.3) is 0 Å². The third kappa shape index (κ3) is 4.50. The largest absolute Gasteiger partial charge is 0.479 e. The summed E-state index contributed by atoms with van der Waals surface area (Å²) in [4.78, 5) is 20.7. The van der Waals surface area contributed by atoms with Crippen LogP contribution in [0.2, 0.25) is 0 Å². The minimum atomic E-state index is -1.02. The number of ether oxygens (including phenoxy) is 1. The lowest BCUT2D eigenvalue weighted by Crippen LogP contribution is -2.22. The summed E-state index contributed by atoms with van der Waals surface area (Å²) in [6.45, 7) is 1.43. The van der Waals surface area contributed by atoms with Gasteiger partial charge in [0.05, 0.1) is 0 Å². The second kappa shape index (κ2) is 4.85. The van der Waals surface area contributed by atoms with Crippen molar-refractivity contribution in [3.05, 3.63) is 0 Å². The van der Waals surface area contributed by atoms with Crippen molar-refractivity contribution in [1.29, 1.82) is 0 Å². The van der Waals surface area contributed by atoms with Crippen molar-refractivity contribution in [1.82, 2.24) is 0 Å². The fourth-order valence-electron chi connectivity index (χ4n) is 0.677. The Morgan fingerprint density at radius 2 is 2.09 bits per heavy atom. The Morgan fingerprint density at radius 1 is 1.55 bits per heavy atom. The molecular weight excluding hydrogens is 148 g/mol. The Hall–Kier alpha value is -0.900. The Morgan fingerprint density at radius 3 is 2.36 bits per heavy atom. The quantitative estimate of drug-likeness (QED) is 0.634. The summed E-state index contributed by atoms with van der Waals surface area (Å²) >= 11 is 0. The number of carboxylic acid groups (broad SMARTS) is 1. The highest BCUT2D eigenvalue weighted by molar-refractivity contribution is 5.77. The zero-order valence-electron chi connectivity index (χ0n) is 6.66. The number of aliphatic carboxylic acids is 1. The van der Waals surface area contributed by atoms with Gasteiger partial charge in [0.15, 0.2) is 6.10 Å². The molecule has 0 fully saturated rings. The highest BCUT2D eigenvalue weighted by atomic mass is 16.5. The number of methoxy groups -OCH3 is 1. The molecule has 4 nitrogen and oxygen atoms in total. The van der Waals surface area contributed by atoms with Crippen molar-refractivity contribution < 1.29 is 19.4 Å². The number of ketones is 1. The van der Waals surface area contributed by atoms with E-state index in [-0.39, 0.29) is 18.6 Å². The van der Waals surface area contributed by atoms with Crippen LogP contribution in [0.3, 0.4) is 0 Å². The van der Waals surface area contributed by atoms with Gasteiger partial charge in [-0.15, -0.1) is 0 Å². The van der Waals surface area contributed by atoms with Crippen molar-refractivity contribution in [3.8, 4) is 0 Å². The van der Waals surface area contributed by atoms with Crippen LogP contribution >= 0.6 is 0 Å². The van der Waals surface area contributed by atoms with Gasteiger partial charge in [0, 0.05) is 13.5 Å². The van der Waals surface area contributed by atoms with E-state index in [0.29, 0.717) is 0 Å². The monoisotopic (exact) mass is 160 g/mol. The summed E-state index contributed by atoms with van der Waals surface area (Å²) in [6.07, 6.45) is -0.342. The van der Waals surface area contributed by atoms with Gasteiger partial charge >= 0.3 is 5.97 Å². The van der Waals surface area contributed by atoms with Gasteiger partial charge in [0.1, 0.15) is 5.78 Å². The second-order valence-corrected chi connectivity index (χ2v) is 2.30. The number of hydrogen-bond acceptors (Lipinski definition) is 3. The third-order valence-electron chi connectivity index (χ3n) is 1.32. The summed E-state index contributed by atoms with van der Waals surface area (Å²) in [5.41, 5.74) is 0. The standard InChI is InChI=1S/C7H12O4/c1-5(8)3-4-6(11-2)7(9)10/h6H,3-4H2,1-2H3,(H,9,10). The first-order chi connectivity index (χ1) is 5.07. The number of carbonyl (C=O) groups is 2. The van der Waals surface area contributed by atoms with Crippen molar-refractivity contribution in [2.75, 3.05) is 7.11 Å². The average Bonchev–Trinajstić information content (AvgIpc) is 1.87. The molecule has 0 bridgehead atoms. The first-order valence-corrected chi connectivity index (χ1v) is 3.33. The molecule has 1 atom stereocenters. The number of carbonyl (C=O) groups excluding carboxylic acids is 1. The number of carboxylic acids is 1. The molecule has 0 heterocycles. The van der Waals surface area contributed by atoms with Crippen molar-refractivity contribution in [2.24, 2.45) is 0 Å². The molecule has 1 N–H and O–H groups in total. The van der Waals surface area contributed by atoms with Crippen LogP contribution < -0.4 is 0 Å². The smallest absolute Gasteiger partial charge is 0.332 e. The van der Waals surface area contributed by atoms with Gasteiger partial charge in [-0.25, -0.2) is 4.79 Å². The van der Waals surface area contributed by atoms with Crippen LogP contribution in [0.15, 0.2) is 0 Å². The van der Waals surface area contributed by atoms with E-state index in [2.05, 4.69) is 4.74 Å². The van der Waals surface area contributed by atoms with Crippen molar-refractivity contribution >= 4 is 11.8 Å². The van der Waals surface area contributed by atoms with E-state index in [1.165, 1.54) is 14.0 Å². The summed E-state index contributed by atoms with van der Waals surface area (Å²) in [6, 6.07) is 0. The first-order valence-electron chi connectivity index (χ1n) is 3.33. The number of Topliss-reactive ketones (excluding diaryl/α,β-unsaturated/α-hetero) is 1. The SMILES string of the molecule is COC(CCC(C)=O)C(=O)O. The maximum Gasteiger partial charge on any atom is 0.332 e. The molecule has 0 aromatic rings. The maximum absolute atomic E-state index is 10.4. The average molecular weight is 160 g/mol. The molecule has 0 aromatic carbocycles. The van der Waals surface area contributed by atoms with Gasteiger partial charge < -0.3 is 14.6 Å². The predicted octanol–water partition coefficient (Wildman–Crippen LogP) is 0.455. The molecule has 0 aliphatic rings. The fourth-order valence-corrected chi connectivity index (χ4v) is 0.677. The van der Waals surface area contributed by atoms with Crippen LogP contribution in [0.1, 0.15) is 19.8 Å². The Bertz CT molecular complexity index is 153. The van der Waals surface area contributed by atoms with Crippen molar-refractivity contribution in [3.63, 3.8) is 0 Å². The molecule has 0 aliphatic heterocycles. The zero-order chi connectivity index (χ0) is 8.85. The van der Waals surface area contributed by atoms with Crippen LogP contribution in [-0.4, -0.2) is 30.1 Å². The lowest BCUT2D eigenvalue weighted by molar-refractivity contribution is -0.149. The third-order valence-corrected chi connectivity index (χ3v) is 1.32. The highest BCUT2D eigenvalue weighted by Gasteiger charge is 2.15. The molecule has 0 spiro atoms. The molecule has 0 aliphatic carbocycles. The molecule has 11 heavy (non-hydrogen) atoms. The Kier molecular flexibility index (Phi) is 4.45. The van der Waals surface area contributed by atoms with E-state index in [4.69, 9.17) is 5.11 Å². The molecule has 0 saturated heterocycles. The topological polar surface area (TPSA) is 63.6 Å². The summed E-state index contributed by atoms with van der Waals surface area (Å²) < 4.78 is 4.61. The predicted molar refractivity (Wildman–Crippen MR) is 38.3 cm³/mol. The fraction of sp³-hybridized carbons (Fsp3) is 0.714. The molecule has 4 heteroatoms. The lowest BCUT2D eigenvalue weighted by Gasteiger charge is -2.07. The zero-order valence-corrected chi connectivity index (χ0v) is 6.66. The van der Waals surface area contributed by atoms with E-state index in [9.17, 15) is 9.59 Å². The van der Waals surface area contributed by atoms with E-state index in [1.807, 2.05) is 0 Å². The normalized spacial score (nSPS) is 12.5. The van der Waals surface area contributed by atoms with E-state index in [0.717, 1.165) is 0 Å². The number of rotatable bonds is 5. The molecular formula is C7H12O4. The van der Waals surface area contributed by atoms with Crippen LogP contribution in [0, 0.1) is 0 Å². The van der Waals surface area contributed by atoms with Gasteiger partial charge in [-0.05, 0) is 13.3 Å². The summed E-state index contributed by atoms with van der Waals surface area (Å²) in [5.74, 6) is -1.04. The second-order valence-electron chi connectivity index (χ2n) is 2.30. The lowest BCUT2D eigenvalue weighted by atomic mass is 10.1. The highest BCUT2D eigenvalue weighted by Crippen LogP contribution is 2.01. The Balaban J connectivity index is 3.70. The molecule has 64 valence electrons. The summed E-state index contributed by atoms with van der Waals surface area (Å²) in [7, 11) is 1.32. The van der Waals surface area contributed by atoms with Gasteiger partial charge in [-0.3, -0.25) is 0 Å². The Labute approximate surface area is 65.2 Å².